The lowest BCUT2D eigenvalue weighted by Crippen LogP contribution is -2.57. The number of carbonyl (C=O) groups is 3. The maximum Gasteiger partial charge on any atom is 0.257 e. The molecule has 1 aliphatic rings. The fraction of sp³-hybridized carbons (Fsp3) is 0.471. The van der Waals surface area contributed by atoms with Crippen LogP contribution in [0.2, 0.25) is 0 Å². The van der Waals surface area contributed by atoms with Gasteiger partial charge in [-0.3, -0.25) is 14.4 Å². The summed E-state index contributed by atoms with van der Waals surface area (Å²) < 4.78 is 15.2. The van der Waals surface area contributed by atoms with Gasteiger partial charge in [0.25, 0.3) is 5.91 Å². The van der Waals surface area contributed by atoms with Gasteiger partial charge in [-0.15, -0.1) is 0 Å². The van der Waals surface area contributed by atoms with E-state index in [2.05, 4.69) is 10.4 Å². The number of rotatable bonds is 11. The Kier molecular flexibility index (Phi) is 10.4. The predicted molar refractivity (Wildman–Crippen MR) is 165 cm³/mol. The highest BCUT2D eigenvalue weighted by Crippen LogP contribution is 2.27. The van der Waals surface area contributed by atoms with Crippen molar-refractivity contribution in [2.24, 2.45) is 11.3 Å². The van der Waals surface area contributed by atoms with Crippen molar-refractivity contribution in [3.8, 4) is 5.69 Å². The van der Waals surface area contributed by atoms with E-state index in [1.165, 1.54) is 12.1 Å². The minimum atomic E-state index is -0.679. The van der Waals surface area contributed by atoms with Crippen LogP contribution in [0.4, 0.5) is 4.39 Å². The molecule has 230 valence electrons. The summed E-state index contributed by atoms with van der Waals surface area (Å²) in [5.74, 6) is -0.920. The standard InChI is InChI=1S/C34H44FN5O3/c1-6-24(2)31(41)37-30(34(3,4)5)33(43)39-19-10-13-29(39)23-38(20-18-25-14-16-27(35)17-15-25)32(42)26-21-36-40(22-26)28-11-8-7-9-12-28/h7-9,11-12,14-17,21-22,24,29-30H,6,10,13,18-20,23H2,1-5H3,(H,37,41)/t24-,29+,30-/m1/s1. The SMILES string of the molecule is CC[C@@H](C)C(=O)N[C@H](C(=O)N1CCC[C@H]1CN(CCc1ccc(F)cc1)C(=O)c1cnn(-c2ccccc2)c1)C(C)(C)C. The Hall–Kier alpha value is -4.01. The minimum absolute atomic E-state index is 0.116. The summed E-state index contributed by atoms with van der Waals surface area (Å²) in [4.78, 5) is 44.4. The number of carbonyl (C=O) groups excluding carboxylic acids is 3. The van der Waals surface area contributed by atoms with Crippen LogP contribution in [0.5, 0.6) is 0 Å². The zero-order valence-electron chi connectivity index (χ0n) is 25.9. The van der Waals surface area contributed by atoms with Crippen LogP contribution in [0.1, 0.15) is 69.8 Å². The number of nitrogens with one attached hydrogen (secondary N) is 1. The average molecular weight is 590 g/mol. The molecule has 1 saturated heterocycles. The molecule has 0 aliphatic carbocycles. The van der Waals surface area contributed by atoms with Crippen LogP contribution in [0.25, 0.3) is 5.69 Å². The first kappa shape index (κ1) is 31.9. The van der Waals surface area contributed by atoms with Gasteiger partial charge in [-0.05, 0) is 60.9 Å². The fourth-order valence-electron chi connectivity index (χ4n) is 5.38. The number of hydrogen-bond donors (Lipinski definition) is 1. The zero-order chi connectivity index (χ0) is 31.1. The summed E-state index contributed by atoms with van der Waals surface area (Å²) in [5, 5.41) is 7.44. The molecule has 3 atom stereocenters. The number of para-hydroxylation sites is 1. The van der Waals surface area contributed by atoms with E-state index in [9.17, 15) is 18.8 Å². The fourth-order valence-corrected chi connectivity index (χ4v) is 5.38. The van der Waals surface area contributed by atoms with E-state index in [1.807, 2.05) is 69.9 Å². The van der Waals surface area contributed by atoms with Gasteiger partial charge >= 0.3 is 0 Å². The Morgan fingerprint density at radius 3 is 2.44 bits per heavy atom. The molecule has 0 bridgehead atoms. The van der Waals surface area contributed by atoms with Crippen LogP contribution in [-0.2, 0) is 16.0 Å². The molecule has 3 aromatic rings. The van der Waals surface area contributed by atoms with Crippen molar-refractivity contribution >= 4 is 17.7 Å². The van der Waals surface area contributed by atoms with E-state index in [0.717, 1.165) is 24.1 Å². The molecule has 0 radical (unpaired) electrons. The number of amides is 3. The van der Waals surface area contributed by atoms with Crippen LogP contribution in [0, 0.1) is 17.2 Å². The van der Waals surface area contributed by atoms with Crippen LogP contribution in [0.3, 0.4) is 0 Å². The van der Waals surface area contributed by atoms with Crippen molar-refractivity contribution in [3.63, 3.8) is 0 Å². The molecule has 3 amide bonds. The Balaban J connectivity index is 1.56. The smallest absolute Gasteiger partial charge is 0.257 e. The van der Waals surface area contributed by atoms with Crippen molar-refractivity contribution in [1.29, 1.82) is 0 Å². The first-order valence-corrected chi connectivity index (χ1v) is 15.2. The maximum atomic E-state index is 14.0. The van der Waals surface area contributed by atoms with Gasteiger partial charge in [-0.1, -0.05) is 65.0 Å². The Morgan fingerprint density at radius 1 is 1.09 bits per heavy atom. The van der Waals surface area contributed by atoms with E-state index < -0.39 is 11.5 Å². The lowest BCUT2D eigenvalue weighted by Gasteiger charge is -2.37. The minimum Gasteiger partial charge on any atom is -0.344 e. The van der Waals surface area contributed by atoms with Crippen LogP contribution < -0.4 is 5.32 Å². The van der Waals surface area contributed by atoms with Gasteiger partial charge in [-0.2, -0.15) is 5.10 Å². The summed E-state index contributed by atoms with van der Waals surface area (Å²) in [5.41, 5.74) is 1.73. The molecule has 4 rings (SSSR count). The molecule has 2 heterocycles. The summed E-state index contributed by atoms with van der Waals surface area (Å²) >= 11 is 0. The van der Waals surface area contributed by atoms with E-state index in [4.69, 9.17) is 0 Å². The maximum absolute atomic E-state index is 14.0. The number of benzene rings is 2. The average Bonchev–Trinajstić information content (AvgIpc) is 3.68. The van der Waals surface area contributed by atoms with Crippen molar-refractivity contribution in [1.82, 2.24) is 24.9 Å². The Bertz CT molecular complexity index is 1380. The van der Waals surface area contributed by atoms with Gasteiger partial charge in [0.15, 0.2) is 0 Å². The van der Waals surface area contributed by atoms with Gasteiger partial charge in [-0.25, -0.2) is 9.07 Å². The number of likely N-dealkylation sites (tertiary alicyclic amines) is 1. The van der Waals surface area contributed by atoms with Gasteiger partial charge in [0.05, 0.1) is 17.4 Å². The molecule has 1 fully saturated rings. The second-order valence-corrected chi connectivity index (χ2v) is 12.6. The monoisotopic (exact) mass is 589 g/mol. The molecule has 9 heteroatoms. The second kappa shape index (κ2) is 14.0. The Labute approximate surface area is 254 Å². The molecule has 1 N–H and O–H groups in total. The quantitative estimate of drug-likeness (QED) is 0.330. The van der Waals surface area contributed by atoms with E-state index in [1.54, 1.807) is 34.1 Å². The predicted octanol–water partition coefficient (Wildman–Crippen LogP) is 5.26. The molecule has 0 spiro atoms. The van der Waals surface area contributed by atoms with Gasteiger partial charge < -0.3 is 15.1 Å². The zero-order valence-corrected chi connectivity index (χ0v) is 25.9. The molecule has 1 aliphatic heterocycles. The van der Waals surface area contributed by atoms with Gasteiger partial charge in [0, 0.05) is 37.8 Å². The van der Waals surface area contributed by atoms with Gasteiger partial charge in [0.2, 0.25) is 11.8 Å². The summed E-state index contributed by atoms with van der Waals surface area (Å²) in [6.45, 7) is 11.0. The van der Waals surface area contributed by atoms with Crippen LogP contribution in [0.15, 0.2) is 67.0 Å². The third kappa shape index (κ3) is 8.09. The molecule has 0 unspecified atom stereocenters. The lowest BCUT2D eigenvalue weighted by molar-refractivity contribution is -0.141. The molecule has 8 nitrogen and oxygen atoms in total. The third-order valence-corrected chi connectivity index (χ3v) is 8.27. The molecule has 2 aromatic carbocycles. The topological polar surface area (TPSA) is 87.5 Å². The summed E-state index contributed by atoms with van der Waals surface area (Å²) in [7, 11) is 0. The van der Waals surface area contributed by atoms with Crippen molar-refractivity contribution in [2.75, 3.05) is 19.6 Å². The first-order valence-electron chi connectivity index (χ1n) is 15.2. The molecule has 1 aromatic heterocycles. The number of hydrogen-bond acceptors (Lipinski definition) is 4. The highest BCUT2D eigenvalue weighted by atomic mass is 19.1. The highest BCUT2D eigenvalue weighted by molar-refractivity contribution is 5.94. The second-order valence-electron chi connectivity index (χ2n) is 12.6. The van der Waals surface area contributed by atoms with Crippen molar-refractivity contribution < 1.29 is 18.8 Å². The lowest BCUT2D eigenvalue weighted by atomic mass is 9.85. The molecular weight excluding hydrogens is 545 g/mol. The summed E-state index contributed by atoms with van der Waals surface area (Å²) in [6, 6.07) is 15.0. The van der Waals surface area contributed by atoms with Crippen LogP contribution in [-0.4, -0.2) is 69.0 Å². The third-order valence-electron chi connectivity index (χ3n) is 8.27. The van der Waals surface area contributed by atoms with Gasteiger partial charge in [0.1, 0.15) is 11.9 Å². The first-order chi connectivity index (χ1) is 20.5. The van der Waals surface area contributed by atoms with E-state index in [-0.39, 0.29) is 35.5 Å². The van der Waals surface area contributed by atoms with E-state index >= 15 is 0 Å². The molecule has 43 heavy (non-hydrogen) atoms. The molecular formula is C34H44FN5O3. The van der Waals surface area contributed by atoms with Crippen molar-refractivity contribution in [2.45, 2.75) is 72.4 Å². The van der Waals surface area contributed by atoms with Crippen LogP contribution >= 0.6 is 0 Å². The van der Waals surface area contributed by atoms with Crippen molar-refractivity contribution in [3.05, 3.63) is 83.9 Å². The van der Waals surface area contributed by atoms with E-state index in [0.29, 0.717) is 38.0 Å². The number of aromatic nitrogens is 2. The highest BCUT2D eigenvalue weighted by Gasteiger charge is 2.40. The number of nitrogens with zero attached hydrogens (tertiary/aromatic N) is 4. The summed E-state index contributed by atoms with van der Waals surface area (Å²) in [6.07, 6.45) is 6.09. The molecule has 0 saturated carbocycles. The number of halogens is 1. The largest absolute Gasteiger partial charge is 0.344 e. The normalized spacial score (nSPS) is 16.5. The Morgan fingerprint density at radius 2 is 1.79 bits per heavy atom.